The number of hydrogen-bond donors (Lipinski definition) is 2. The van der Waals surface area contributed by atoms with Crippen molar-refractivity contribution in [3.63, 3.8) is 0 Å². The molecule has 0 fully saturated rings. The fraction of sp³-hybridized carbons (Fsp3) is 0.0714. The van der Waals surface area contributed by atoms with Crippen LogP contribution in [0.3, 0.4) is 0 Å². The number of carbonyl (C=O) groups is 1. The zero-order valence-corrected chi connectivity index (χ0v) is 11.8. The Kier molecular flexibility index (Phi) is 4.34. The van der Waals surface area contributed by atoms with Gasteiger partial charge in [0.05, 0.1) is 0 Å². The number of amides is 1. The summed E-state index contributed by atoms with van der Waals surface area (Å²) in [5.41, 5.74) is 5.71. The molecule has 1 unspecified atom stereocenters. The summed E-state index contributed by atoms with van der Waals surface area (Å²) in [5.74, 6) is -2.12. The molecule has 20 heavy (non-hydrogen) atoms. The zero-order chi connectivity index (χ0) is 14.7. The zero-order valence-electron chi connectivity index (χ0n) is 10.2. The third kappa shape index (κ3) is 3.33. The minimum absolute atomic E-state index is 0.125. The monoisotopic (exact) mass is 340 g/mol. The number of rotatable bonds is 4. The summed E-state index contributed by atoms with van der Waals surface area (Å²) in [6.45, 7) is 0. The van der Waals surface area contributed by atoms with E-state index in [9.17, 15) is 13.6 Å². The van der Waals surface area contributed by atoms with Gasteiger partial charge in [-0.15, -0.1) is 0 Å². The first-order valence-electron chi connectivity index (χ1n) is 5.74. The maximum Gasteiger partial charge on any atom is 0.244 e. The first kappa shape index (κ1) is 14.5. The van der Waals surface area contributed by atoms with Crippen molar-refractivity contribution in [1.82, 2.24) is 0 Å². The lowest BCUT2D eigenvalue weighted by atomic mass is 10.0. The third-order valence-electron chi connectivity index (χ3n) is 2.71. The molecule has 0 radical (unpaired) electrons. The Morgan fingerprint density at radius 3 is 2.40 bits per heavy atom. The third-order valence-corrected chi connectivity index (χ3v) is 3.24. The van der Waals surface area contributed by atoms with Crippen LogP contribution >= 0.6 is 15.9 Å². The average Bonchev–Trinajstić information content (AvgIpc) is 2.41. The van der Waals surface area contributed by atoms with Gasteiger partial charge in [-0.3, -0.25) is 4.79 Å². The quantitative estimate of drug-likeness (QED) is 0.896. The lowest BCUT2D eigenvalue weighted by Gasteiger charge is -2.18. The SMILES string of the molecule is NC(=O)C(Nc1ccc(Br)cc1)c1cc(F)ccc1F. The fourth-order valence-electron chi connectivity index (χ4n) is 1.75. The van der Waals surface area contributed by atoms with Crippen LogP contribution in [0.5, 0.6) is 0 Å². The molecular formula is C14H11BrF2N2O. The molecule has 0 aromatic heterocycles. The van der Waals surface area contributed by atoms with Crippen LogP contribution in [0, 0.1) is 11.6 Å². The Hall–Kier alpha value is -1.95. The maximum absolute atomic E-state index is 13.7. The number of carbonyl (C=O) groups excluding carboxylic acids is 1. The second-order valence-electron chi connectivity index (χ2n) is 4.15. The summed E-state index contributed by atoms with van der Waals surface area (Å²) < 4.78 is 27.8. The smallest absolute Gasteiger partial charge is 0.244 e. The highest BCUT2D eigenvalue weighted by atomic mass is 79.9. The largest absolute Gasteiger partial charge is 0.370 e. The summed E-state index contributed by atoms with van der Waals surface area (Å²) in [4.78, 5) is 11.5. The molecule has 2 aromatic carbocycles. The number of nitrogens with two attached hydrogens (primary N) is 1. The Labute approximate surface area is 122 Å². The van der Waals surface area contributed by atoms with Crippen molar-refractivity contribution in [3.8, 4) is 0 Å². The molecule has 1 atom stereocenters. The van der Waals surface area contributed by atoms with Crippen molar-refractivity contribution in [2.45, 2.75) is 6.04 Å². The van der Waals surface area contributed by atoms with Crippen LogP contribution in [0.15, 0.2) is 46.9 Å². The number of halogens is 3. The van der Waals surface area contributed by atoms with Gasteiger partial charge < -0.3 is 11.1 Å². The van der Waals surface area contributed by atoms with Gasteiger partial charge in [-0.1, -0.05) is 15.9 Å². The van der Waals surface area contributed by atoms with E-state index in [1.807, 2.05) is 0 Å². The van der Waals surface area contributed by atoms with Crippen molar-refractivity contribution in [2.75, 3.05) is 5.32 Å². The number of anilines is 1. The van der Waals surface area contributed by atoms with E-state index in [1.165, 1.54) is 0 Å². The Balaban J connectivity index is 2.34. The van der Waals surface area contributed by atoms with E-state index in [-0.39, 0.29) is 5.56 Å². The van der Waals surface area contributed by atoms with Gasteiger partial charge in [0.2, 0.25) is 5.91 Å². The van der Waals surface area contributed by atoms with Crippen LogP contribution in [-0.4, -0.2) is 5.91 Å². The number of nitrogens with one attached hydrogen (secondary N) is 1. The van der Waals surface area contributed by atoms with E-state index in [0.29, 0.717) is 5.69 Å². The first-order chi connectivity index (χ1) is 9.47. The molecule has 0 saturated heterocycles. The van der Waals surface area contributed by atoms with Crippen molar-refractivity contribution in [2.24, 2.45) is 5.73 Å². The number of benzene rings is 2. The summed E-state index contributed by atoms with van der Waals surface area (Å²) in [6, 6.07) is 8.64. The fourth-order valence-corrected chi connectivity index (χ4v) is 2.02. The predicted octanol–water partition coefficient (Wildman–Crippen LogP) is 3.37. The summed E-state index contributed by atoms with van der Waals surface area (Å²) in [5, 5.41) is 2.79. The summed E-state index contributed by atoms with van der Waals surface area (Å²) in [6.07, 6.45) is 0. The van der Waals surface area contributed by atoms with Crippen LogP contribution < -0.4 is 11.1 Å². The molecular weight excluding hydrogens is 330 g/mol. The normalized spacial score (nSPS) is 11.9. The van der Waals surface area contributed by atoms with Crippen molar-refractivity contribution < 1.29 is 13.6 Å². The van der Waals surface area contributed by atoms with E-state index in [4.69, 9.17) is 5.73 Å². The van der Waals surface area contributed by atoms with Crippen LogP contribution in [0.1, 0.15) is 11.6 Å². The second-order valence-corrected chi connectivity index (χ2v) is 5.07. The predicted molar refractivity (Wildman–Crippen MR) is 76.1 cm³/mol. The molecule has 0 aliphatic rings. The Morgan fingerprint density at radius 1 is 1.15 bits per heavy atom. The molecule has 0 saturated carbocycles. The van der Waals surface area contributed by atoms with Crippen LogP contribution in [0.2, 0.25) is 0 Å². The van der Waals surface area contributed by atoms with E-state index in [1.54, 1.807) is 24.3 Å². The molecule has 0 aliphatic heterocycles. The second kappa shape index (κ2) is 6.00. The Bertz CT molecular complexity index is 632. The topological polar surface area (TPSA) is 55.1 Å². The molecule has 1 amide bonds. The Morgan fingerprint density at radius 2 is 1.80 bits per heavy atom. The van der Waals surface area contributed by atoms with Crippen LogP contribution in [0.4, 0.5) is 14.5 Å². The van der Waals surface area contributed by atoms with Gasteiger partial charge in [-0.05, 0) is 42.5 Å². The molecule has 3 nitrogen and oxygen atoms in total. The first-order valence-corrected chi connectivity index (χ1v) is 6.53. The van der Waals surface area contributed by atoms with Gasteiger partial charge in [-0.25, -0.2) is 8.78 Å². The van der Waals surface area contributed by atoms with E-state index in [0.717, 1.165) is 22.7 Å². The molecule has 0 heterocycles. The molecule has 0 bridgehead atoms. The van der Waals surface area contributed by atoms with Crippen molar-refractivity contribution >= 4 is 27.5 Å². The maximum atomic E-state index is 13.7. The molecule has 0 aliphatic carbocycles. The number of hydrogen-bond acceptors (Lipinski definition) is 2. The lowest BCUT2D eigenvalue weighted by Crippen LogP contribution is -2.28. The molecule has 2 rings (SSSR count). The molecule has 3 N–H and O–H groups in total. The average molecular weight is 341 g/mol. The van der Waals surface area contributed by atoms with Crippen molar-refractivity contribution in [3.05, 3.63) is 64.1 Å². The molecule has 104 valence electrons. The molecule has 0 spiro atoms. The minimum Gasteiger partial charge on any atom is -0.370 e. The van der Waals surface area contributed by atoms with Gasteiger partial charge >= 0.3 is 0 Å². The lowest BCUT2D eigenvalue weighted by molar-refractivity contribution is -0.118. The van der Waals surface area contributed by atoms with Gasteiger partial charge in [0, 0.05) is 15.7 Å². The standard InChI is InChI=1S/C14H11BrF2N2O/c15-8-1-4-10(5-2-8)19-13(14(18)20)11-7-9(16)3-6-12(11)17/h1-7,13,19H,(H2,18,20). The number of primary amides is 1. The van der Waals surface area contributed by atoms with Gasteiger partial charge in [0.1, 0.15) is 17.7 Å². The van der Waals surface area contributed by atoms with Crippen LogP contribution in [-0.2, 0) is 4.79 Å². The van der Waals surface area contributed by atoms with E-state index < -0.39 is 23.6 Å². The van der Waals surface area contributed by atoms with E-state index in [2.05, 4.69) is 21.2 Å². The highest BCUT2D eigenvalue weighted by Gasteiger charge is 2.22. The van der Waals surface area contributed by atoms with Gasteiger partial charge in [-0.2, -0.15) is 0 Å². The van der Waals surface area contributed by atoms with Gasteiger partial charge in [0.25, 0.3) is 0 Å². The summed E-state index contributed by atoms with van der Waals surface area (Å²) >= 11 is 3.28. The highest BCUT2D eigenvalue weighted by Crippen LogP contribution is 2.24. The van der Waals surface area contributed by atoms with Crippen LogP contribution in [0.25, 0.3) is 0 Å². The minimum atomic E-state index is -1.15. The molecule has 2 aromatic rings. The molecule has 6 heteroatoms. The highest BCUT2D eigenvalue weighted by molar-refractivity contribution is 9.10. The van der Waals surface area contributed by atoms with E-state index >= 15 is 0 Å². The van der Waals surface area contributed by atoms with Gasteiger partial charge in [0.15, 0.2) is 0 Å². The summed E-state index contributed by atoms with van der Waals surface area (Å²) in [7, 11) is 0. The van der Waals surface area contributed by atoms with Crippen molar-refractivity contribution in [1.29, 1.82) is 0 Å².